The number of thiocarbonyl (C=S) groups is 1. The highest BCUT2D eigenvalue weighted by atomic mass is 35.5. The summed E-state index contributed by atoms with van der Waals surface area (Å²) in [5.41, 5.74) is 2.08. The maximum atomic E-state index is 13.5. The molecule has 0 aliphatic carbocycles. The number of ether oxygens (including phenoxy) is 1. The molecule has 37 heavy (non-hydrogen) atoms. The van der Waals surface area contributed by atoms with Gasteiger partial charge in [-0.25, -0.2) is 4.39 Å². The standard InChI is InChI=1S/C28H27ClFN3O3S/c1-2-17-36-24-13-9-22(10-14-24)31-26(34)18-25-27(35)33(23-11-5-20(29)6-12-23)28(37)32(25)16-15-19-3-7-21(30)8-4-19/h3-14,25H,2,15-18H2,1H3,(H,31,34). The Labute approximate surface area is 226 Å². The predicted octanol–water partition coefficient (Wildman–Crippen LogP) is 5.84. The first-order valence-corrected chi connectivity index (χ1v) is 12.8. The summed E-state index contributed by atoms with van der Waals surface area (Å²) in [5, 5.41) is 3.70. The molecule has 1 N–H and O–H groups in total. The molecular formula is C28H27ClFN3O3S. The van der Waals surface area contributed by atoms with Crippen LogP contribution in [-0.4, -0.2) is 41.0 Å². The molecule has 0 saturated carbocycles. The van der Waals surface area contributed by atoms with E-state index in [9.17, 15) is 14.0 Å². The van der Waals surface area contributed by atoms with Gasteiger partial charge in [-0.2, -0.15) is 0 Å². The van der Waals surface area contributed by atoms with Crippen molar-refractivity contribution >= 4 is 52.1 Å². The molecule has 0 spiro atoms. The molecule has 0 bridgehead atoms. The van der Waals surface area contributed by atoms with Crippen LogP contribution >= 0.6 is 23.8 Å². The minimum Gasteiger partial charge on any atom is -0.494 e. The number of carbonyl (C=O) groups is 2. The lowest BCUT2D eigenvalue weighted by atomic mass is 10.1. The van der Waals surface area contributed by atoms with Crippen molar-refractivity contribution in [3.8, 4) is 5.75 Å². The number of benzene rings is 3. The normalized spacial score (nSPS) is 15.3. The van der Waals surface area contributed by atoms with E-state index in [1.54, 1.807) is 65.6 Å². The molecule has 1 aliphatic heterocycles. The van der Waals surface area contributed by atoms with Crippen LogP contribution in [0.5, 0.6) is 5.75 Å². The van der Waals surface area contributed by atoms with Crippen molar-refractivity contribution in [2.75, 3.05) is 23.4 Å². The topological polar surface area (TPSA) is 61.9 Å². The van der Waals surface area contributed by atoms with Gasteiger partial charge in [0.15, 0.2) is 5.11 Å². The van der Waals surface area contributed by atoms with Crippen molar-refractivity contribution < 1.29 is 18.7 Å². The summed E-state index contributed by atoms with van der Waals surface area (Å²) in [6, 6.07) is 19.3. The summed E-state index contributed by atoms with van der Waals surface area (Å²) in [4.78, 5) is 29.7. The molecule has 1 aliphatic rings. The van der Waals surface area contributed by atoms with Crippen LogP contribution in [0.15, 0.2) is 72.8 Å². The van der Waals surface area contributed by atoms with Crippen molar-refractivity contribution in [3.05, 3.63) is 89.2 Å². The van der Waals surface area contributed by atoms with E-state index in [1.165, 1.54) is 17.0 Å². The zero-order valence-electron chi connectivity index (χ0n) is 20.3. The molecule has 3 aromatic carbocycles. The fourth-order valence-electron chi connectivity index (χ4n) is 4.06. The van der Waals surface area contributed by atoms with E-state index < -0.39 is 6.04 Å². The second-order valence-corrected chi connectivity index (χ2v) is 9.45. The van der Waals surface area contributed by atoms with Crippen LogP contribution in [0.3, 0.4) is 0 Å². The van der Waals surface area contributed by atoms with Crippen LogP contribution in [0.2, 0.25) is 5.02 Å². The van der Waals surface area contributed by atoms with E-state index in [2.05, 4.69) is 5.32 Å². The summed E-state index contributed by atoms with van der Waals surface area (Å²) < 4.78 is 18.9. The average molecular weight is 540 g/mol. The quantitative estimate of drug-likeness (QED) is 0.328. The molecule has 1 atom stereocenters. The van der Waals surface area contributed by atoms with Gasteiger partial charge in [-0.3, -0.25) is 14.5 Å². The van der Waals surface area contributed by atoms with Gasteiger partial charge in [0.05, 0.1) is 18.7 Å². The Hall–Kier alpha value is -3.49. The molecule has 3 aromatic rings. The first kappa shape index (κ1) is 26.6. The maximum Gasteiger partial charge on any atom is 0.256 e. The lowest BCUT2D eigenvalue weighted by Crippen LogP contribution is -2.39. The molecule has 0 aromatic heterocycles. The summed E-state index contributed by atoms with van der Waals surface area (Å²) in [5.74, 6) is -0.191. The molecule has 1 fully saturated rings. The number of nitrogens with zero attached hydrogens (tertiary/aromatic N) is 2. The number of hydrogen-bond acceptors (Lipinski definition) is 4. The average Bonchev–Trinajstić information content (AvgIpc) is 3.12. The Morgan fingerprint density at radius 2 is 1.73 bits per heavy atom. The van der Waals surface area contributed by atoms with E-state index in [4.69, 9.17) is 28.6 Å². The summed E-state index contributed by atoms with van der Waals surface area (Å²) in [6.07, 6.45) is 1.35. The highest BCUT2D eigenvalue weighted by Crippen LogP contribution is 2.29. The van der Waals surface area contributed by atoms with Crippen LogP contribution in [0.25, 0.3) is 0 Å². The number of halogens is 2. The van der Waals surface area contributed by atoms with Crippen LogP contribution < -0.4 is 15.0 Å². The van der Waals surface area contributed by atoms with E-state index in [0.29, 0.717) is 41.1 Å². The molecule has 6 nitrogen and oxygen atoms in total. The highest BCUT2D eigenvalue weighted by molar-refractivity contribution is 7.80. The number of carbonyl (C=O) groups excluding carboxylic acids is 2. The van der Waals surface area contributed by atoms with Crippen molar-refractivity contribution in [2.24, 2.45) is 0 Å². The molecule has 1 saturated heterocycles. The summed E-state index contributed by atoms with van der Waals surface area (Å²) in [7, 11) is 0. The van der Waals surface area contributed by atoms with Crippen molar-refractivity contribution in [3.63, 3.8) is 0 Å². The van der Waals surface area contributed by atoms with Gasteiger partial charge >= 0.3 is 0 Å². The third-order valence-corrected chi connectivity index (χ3v) is 6.62. The lowest BCUT2D eigenvalue weighted by molar-refractivity contribution is -0.124. The van der Waals surface area contributed by atoms with Crippen LogP contribution in [0, 0.1) is 5.82 Å². The highest BCUT2D eigenvalue weighted by Gasteiger charge is 2.43. The van der Waals surface area contributed by atoms with Gasteiger partial charge in [0.1, 0.15) is 17.6 Å². The third kappa shape index (κ3) is 6.64. The fourth-order valence-corrected chi connectivity index (χ4v) is 4.60. The number of hydrogen-bond donors (Lipinski definition) is 1. The SMILES string of the molecule is CCCOc1ccc(NC(=O)CC2C(=O)N(c3ccc(Cl)cc3)C(=S)N2CCc2ccc(F)cc2)cc1. The molecule has 192 valence electrons. The van der Waals surface area contributed by atoms with Gasteiger partial charge < -0.3 is 15.0 Å². The van der Waals surface area contributed by atoms with E-state index in [1.807, 2.05) is 6.92 Å². The van der Waals surface area contributed by atoms with Gasteiger partial charge in [-0.1, -0.05) is 30.7 Å². The third-order valence-electron chi connectivity index (χ3n) is 5.95. The minimum absolute atomic E-state index is 0.0828. The fraction of sp³-hybridized carbons (Fsp3) is 0.250. The molecule has 1 unspecified atom stereocenters. The lowest BCUT2D eigenvalue weighted by Gasteiger charge is -2.24. The van der Waals surface area contributed by atoms with E-state index in [0.717, 1.165) is 17.7 Å². The van der Waals surface area contributed by atoms with Gasteiger partial charge in [0.2, 0.25) is 5.91 Å². The molecule has 0 radical (unpaired) electrons. The van der Waals surface area contributed by atoms with Gasteiger partial charge in [-0.15, -0.1) is 0 Å². The van der Waals surface area contributed by atoms with Crippen LogP contribution in [-0.2, 0) is 16.0 Å². The van der Waals surface area contributed by atoms with Crippen LogP contribution in [0.1, 0.15) is 25.3 Å². The van der Waals surface area contributed by atoms with Gasteiger partial charge in [0.25, 0.3) is 5.91 Å². The van der Waals surface area contributed by atoms with E-state index in [-0.39, 0.29) is 24.1 Å². The Balaban J connectivity index is 1.50. The number of rotatable bonds is 10. The second kappa shape index (κ2) is 12.2. The van der Waals surface area contributed by atoms with Gasteiger partial charge in [0, 0.05) is 17.3 Å². The Morgan fingerprint density at radius 3 is 2.38 bits per heavy atom. The smallest absolute Gasteiger partial charge is 0.256 e. The molecule has 9 heteroatoms. The number of anilines is 2. The predicted molar refractivity (Wildman–Crippen MR) is 148 cm³/mol. The zero-order valence-corrected chi connectivity index (χ0v) is 21.9. The first-order valence-electron chi connectivity index (χ1n) is 12.0. The van der Waals surface area contributed by atoms with Crippen LogP contribution in [0.4, 0.5) is 15.8 Å². The second-order valence-electron chi connectivity index (χ2n) is 8.64. The van der Waals surface area contributed by atoms with E-state index >= 15 is 0 Å². The molecule has 4 rings (SSSR count). The minimum atomic E-state index is -0.782. The van der Waals surface area contributed by atoms with Crippen molar-refractivity contribution in [1.29, 1.82) is 0 Å². The Kier molecular flexibility index (Phi) is 8.74. The zero-order chi connectivity index (χ0) is 26.4. The number of nitrogens with one attached hydrogen (secondary N) is 1. The summed E-state index contributed by atoms with van der Waals surface area (Å²) in [6.45, 7) is 3.04. The molecule has 1 heterocycles. The first-order chi connectivity index (χ1) is 17.9. The van der Waals surface area contributed by atoms with Crippen molar-refractivity contribution in [1.82, 2.24) is 4.90 Å². The summed E-state index contributed by atoms with van der Waals surface area (Å²) >= 11 is 11.7. The maximum absolute atomic E-state index is 13.5. The molecule has 2 amide bonds. The Morgan fingerprint density at radius 1 is 1.05 bits per heavy atom. The Bertz CT molecular complexity index is 1250. The van der Waals surface area contributed by atoms with Crippen molar-refractivity contribution in [2.45, 2.75) is 32.2 Å². The van der Waals surface area contributed by atoms with Gasteiger partial charge in [-0.05, 0) is 91.3 Å². The molecular weight excluding hydrogens is 513 g/mol. The number of amides is 2. The largest absolute Gasteiger partial charge is 0.494 e. The monoisotopic (exact) mass is 539 g/mol.